The van der Waals surface area contributed by atoms with E-state index in [4.69, 9.17) is 56.8 Å². The summed E-state index contributed by atoms with van der Waals surface area (Å²) < 4.78 is 70.5. The minimum absolute atomic E-state index is 0.459. The molecule has 372 valence electrons. The molecule has 0 radical (unpaired) electrons. The molecular weight excluding hydrogens is 921 g/mol. The lowest BCUT2D eigenvalue weighted by Crippen LogP contribution is -2.19. The van der Waals surface area contributed by atoms with Gasteiger partial charge in [0.2, 0.25) is 23.0 Å². The molecular formula is C56H56N4O12. The molecule has 0 atom stereocenters. The lowest BCUT2D eigenvalue weighted by molar-refractivity contribution is 0.324. The second-order valence-corrected chi connectivity index (χ2v) is 16.3. The highest BCUT2D eigenvalue weighted by molar-refractivity contribution is 5.87. The van der Waals surface area contributed by atoms with Crippen molar-refractivity contribution in [3.63, 3.8) is 0 Å². The van der Waals surface area contributed by atoms with Gasteiger partial charge in [0.15, 0.2) is 46.0 Å². The minimum Gasteiger partial charge on any atom is -0.493 e. The molecule has 0 unspecified atom stereocenters. The van der Waals surface area contributed by atoms with Crippen LogP contribution in [0.1, 0.15) is 45.0 Å². The Morgan fingerprint density at radius 1 is 0.222 bits per heavy atom. The van der Waals surface area contributed by atoms with Gasteiger partial charge in [-0.25, -0.2) is 0 Å². The molecule has 0 spiro atoms. The summed E-state index contributed by atoms with van der Waals surface area (Å²) in [6, 6.07) is 31.8. The number of aromatic nitrogens is 4. The van der Waals surface area contributed by atoms with E-state index in [2.05, 4.69) is 19.9 Å². The Morgan fingerprint density at radius 2 is 0.403 bits per heavy atom. The van der Waals surface area contributed by atoms with Crippen LogP contribution in [0.25, 0.3) is 22.3 Å². The molecule has 16 nitrogen and oxygen atoms in total. The number of methoxy groups -OCH3 is 12. The van der Waals surface area contributed by atoms with Crippen molar-refractivity contribution in [3.05, 3.63) is 163 Å². The molecule has 0 aliphatic carbocycles. The topological polar surface area (TPSA) is 174 Å². The van der Waals surface area contributed by atoms with Crippen LogP contribution < -0.4 is 78.2 Å². The first kappa shape index (κ1) is 48.1. The zero-order valence-electron chi connectivity index (χ0n) is 42.1. The van der Waals surface area contributed by atoms with Crippen LogP contribution >= 0.6 is 0 Å². The number of H-pyrrole nitrogens is 4. The number of hydrogen-bond acceptors (Lipinski definition) is 12. The molecule has 0 fully saturated rings. The standard InChI is InChI=1S/C56H56N4O12/c1-61-41-21-29(22-42(62-2)53(41)69-9)49-33-13-15-35(57-33)50(30-23-43(63-3)54(70-10)44(24-30)64-4)37-17-19-39(59-37)52(32-27-47(67-7)56(72-12)48(28-32)68-8)40-20-18-38(60-40)51(36-16-14-34(49)58-36)31-25-45(65-5)55(71-11)46(26-31)66-6/h13-28,57-60H,1-12H3. The van der Waals surface area contributed by atoms with Gasteiger partial charge in [-0.1, -0.05) is 0 Å². The SMILES string of the molecule is COc1cc(C2=c3ccc([nH]3)=C(c3cc(OC)c(OC)c(OC)c3)c3ccc([nH]3)C(c3cc(OC)c(OC)c(OC)c3)=c3ccc([nH]3)=C(c3cc(OC)c(OC)c(OC)c3)c3ccc2[nH]3)cc(OC)c1OC. The predicted molar refractivity (Wildman–Crippen MR) is 273 cm³/mol. The minimum atomic E-state index is 0.459. The molecule has 0 saturated carbocycles. The maximum absolute atomic E-state index is 5.92. The van der Waals surface area contributed by atoms with Crippen LogP contribution in [0.3, 0.4) is 0 Å². The number of benzene rings is 4. The number of hydrogen-bond donors (Lipinski definition) is 4. The van der Waals surface area contributed by atoms with Gasteiger partial charge in [0.05, 0.1) is 85.3 Å². The van der Waals surface area contributed by atoms with Crippen molar-refractivity contribution in [1.29, 1.82) is 0 Å². The Morgan fingerprint density at radius 3 is 0.556 bits per heavy atom. The molecule has 0 amide bonds. The summed E-state index contributed by atoms with van der Waals surface area (Å²) in [6.07, 6.45) is 0. The summed E-state index contributed by atoms with van der Waals surface area (Å²) in [5.74, 6) is 5.70. The van der Waals surface area contributed by atoms with E-state index >= 15 is 0 Å². The van der Waals surface area contributed by atoms with Crippen LogP contribution in [-0.2, 0) is 0 Å². The molecule has 8 bridgehead atoms. The molecule has 0 saturated heterocycles. The van der Waals surface area contributed by atoms with Crippen molar-refractivity contribution < 1.29 is 56.8 Å². The van der Waals surface area contributed by atoms with Crippen molar-refractivity contribution in [2.24, 2.45) is 0 Å². The number of nitrogens with one attached hydrogen (secondary N) is 4. The van der Waals surface area contributed by atoms with E-state index < -0.39 is 0 Å². The van der Waals surface area contributed by atoms with Crippen molar-refractivity contribution in [2.45, 2.75) is 0 Å². The average molecular weight is 977 g/mol. The zero-order chi connectivity index (χ0) is 50.8. The maximum Gasteiger partial charge on any atom is 0.203 e. The van der Waals surface area contributed by atoms with E-state index in [1.807, 2.05) is 97.1 Å². The first-order valence-corrected chi connectivity index (χ1v) is 22.6. The molecule has 4 aromatic carbocycles. The van der Waals surface area contributed by atoms with Gasteiger partial charge in [-0.15, -0.1) is 0 Å². The summed E-state index contributed by atoms with van der Waals surface area (Å²) in [5.41, 5.74) is 9.31. The highest BCUT2D eigenvalue weighted by atomic mass is 16.5. The fourth-order valence-electron chi connectivity index (χ4n) is 9.47. The summed E-state index contributed by atoms with van der Waals surface area (Å²) in [4.78, 5) is 15.3. The van der Waals surface area contributed by atoms with E-state index in [1.54, 1.807) is 85.3 Å². The van der Waals surface area contributed by atoms with E-state index in [1.165, 1.54) is 0 Å². The van der Waals surface area contributed by atoms with Crippen LogP contribution in [0.4, 0.5) is 0 Å². The summed E-state index contributed by atoms with van der Waals surface area (Å²) in [7, 11) is 19.1. The first-order valence-electron chi connectivity index (χ1n) is 22.6. The molecule has 72 heavy (non-hydrogen) atoms. The number of aromatic amines is 4. The third-order valence-electron chi connectivity index (χ3n) is 12.7. The van der Waals surface area contributed by atoms with Crippen LogP contribution in [0.15, 0.2) is 97.1 Å². The van der Waals surface area contributed by atoms with E-state index in [0.29, 0.717) is 69.0 Å². The van der Waals surface area contributed by atoms with E-state index in [0.717, 1.165) is 88.7 Å². The fourth-order valence-corrected chi connectivity index (χ4v) is 9.47. The Labute approximate surface area is 415 Å². The van der Waals surface area contributed by atoms with Gasteiger partial charge in [0.1, 0.15) is 0 Å². The maximum atomic E-state index is 5.92. The molecule has 4 aromatic heterocycles. The van der Waals surface area contributed by atoms with Gasteiger partial charge >= 0.3 is 0 Å². The molecule has 1 aliphatic rings. The second-order valence-electron chi connectivity index (χ2n) is 16.3. The monoisotopic (exact) mass is 976 g/mol. The summed E-state index contributed by atoms with van der Waals surface area (Å²) in [6.45, 7) is 0. The van der Waals surface area contributed by atoms with Crippen molar-refractivity contribution in [2.75, 3.05) is 85.3 Å². The smallest absolute Gasteiger partial charge is 0.203 e. The van der Waals surface area contributed by atoms with Gasteiger partial charge in [0.25, 0.3) is 0 Å². The summed E-state index contributed by atoms with van der Waals surface area (Å²) >= 11 is 0. The lowest BCUT2D eigenvalue weighted by Gasteiger charge is -2.17. The quantitative estimate of drug-likeness (QED) is 0.0841. The molecule has 8 aromatic rings. The molecule has 4 N–H and O–H groups in total. The third kappa shape index (κ3) is 8.29. The fraction of sp³-hybridized carbons (Fsp3) is 0.214. The van der Waals surface area contributed by atoms with Crippen molar-refractivity contribution in [1.82, 2.24) is 19.9 Å². The van der Waals surface area contributed by atoms with Crippen molar-refractivity contribution in [3.8, 4) is 69.0 Å². The van der Waals surface area contributed by atoms with Crippen LogP contribution in [-0.4, -0.2) is 105 Å². The Hall–Kier alpha value is -8.92. The average Bonchev–Trinajstić information content (AvgIpc) is 4.28. The molecule has 1 aliphatic heterocycles. The lowest BCUT2D eigenvalue weighted by atomic mass is 10.0. The van der Waals surface area contributed by atoms with Crippen molar-refractivity contribution >= 4 is 22.3 Å². The van der Waals surface area contributed by atoms with Crippen LogP contribution in [0.5, 0.6) is 69.0 Å². The Balaban J connectivity index is 1.48. The number of rotatable bonds is 16. The van der Waals surface area contributed by atoms with E-state index in [9.17, 15) is 0 Å². The Kier molecular flexibility index (Phi) is 13.5. The van der Waals surface area contributed by atoms with Gasteiger partial charge in [0, 0.05) is 66.5 Å². The Bertz CT molecular complexity index is 3040. The highest BCUT2D eigenvalue weighted by Crippen LogP contribution is 2.45. The number of ether oxygens (including phenoxy) is 12. The molecule has 16 heteroatoms. The normalized spacial score (nSPS) is 12.1. The highest BCUT2D eigenvalue weighted by Gasteiger charge is 2.25. The molecule has 9 rings (SSSR count). The molecule has 5 heterocycles. The first-order chi connectivity index (χ1) is 35.1. The van der Waals surface area contributed by atoms with Gasteiger partial charge in [-0.2, -0.15) is 0 Å². The van der Waals surface area contributed by atoms with Gasteiger partial charge in [-0.3, -0.25) is 0 Å². The number of fused-ring (bicyclic) bond motifs is 8. The van der Waals surface area contributed by atoms with E-state index in [-0.39, 0.29) is 0 Å². The van der Waals surface area contributed by atoms with Crippen LogP contribution in [0.2, 0.25) is 0 Å². The van der Waals surface area contributed by atoms with Gasteiger partial charge in [-0.05, 0) is 119 Å². The van der Waals surface area contributed by atoms with Crippen LogP contribution in [0, 0.1) is 0 Å². The predicted octanol–water partition coefficient (Wildman–Crippen LogP) is 6.40. The van der Waals surface area contributed by atoms with Gasteiger partial charge < -0.3 is 76.8 Å². The summed E-state index contributed by atoms with van der Waals surface area (Å²) in [5, 5.41) is 3.05. The zero-order valence-corrected chi connectivity index (χ0v) is 42.1. The largest absolute Gasteiger partial charge is 0.493 e. The third-order valence-corrected chi connectivity index (χ3v) is 12.7. The second kappa shape index (κ2) is 20.2.